The van der Waals surface area contributed by atoms with Crippen LogP contribution < -0.4 is 10.6 Å². The summed E-state index contributed by atoms with van der Waals surface area (Å²) in [5.41, 5.74) is 1.90. The second-order valence-electron chi connectivity index (χ2n) is 4.90. The lowest BCUT2D eigenvalue weighted by Crippen LogP contribution is -2.01. The minimum atomic E-state index is 0.777. The quantitative estimate of drug-likeness (QED) is 0.523. The van der Waals surface area contributed by atoms with Crippen molar-refractivity contribution in [2.75, 3.05) is 0 Å². The Kier molecular flexibility index (Phi) is 5.44. The topological polar surface area (TPSA) is 25.8 Å². The van der Waals surface area contributed by atoms with Crippen LogP contribution in [0.15, 0.2) is 97.3 Å². The monoisotopic (exact) mass is 316 g/mol. The molecule has 2 nitrogen and oxygen atoms in total. The van der Waals surface area contributed by atoms with Gasteiger partial charge in [0.15, 0.2) is 0 Å². The van der Waals surface area contributed by atoms with Gasteiger partial charge in [-0.1, -0.05) is 69.2 Å². The molecular weight excluding hydrogens is 299 g/mol. The van der Waals surface area contributed by atoms with Gasteiger partial charge >= 0.3 is 0 Å². The fourth-order valence-electron chi connectivity index (χ4n) is 2.11. The van der Waals surface area contributed by atoms with Gasteiger partial charge in [-0.3, -0.25) is 9.97 Å². The van der Waals surface area contributed by atoms with Crippen molar-refractivity contribution in [2.24, 2.45) is 0 Å². The van der Waals surface area contributed by atoms with Crippen molar-refractivity contribution in [2.45, 2.75) is 0 Å². The largest absolute Gasteiger partial charge is 0.255 e. The second kappa shape index (κ2) is 8.17. The van der Waals surface area contributed by atoms with Gasteiger partial charge in [-0.05, 0) is 34.9 Å². The van der Waals surface area contributed by atoms with Crippen LogP contribution >= 0.6 is 8.58 Å². The Morgan fingerprint density at radius 2 is 0.913 bits per heavy atom. The van der Waals surface area contributed by atoms with Gasteiger partial charge in [0.05, 0.1) is 11.0 Å². The zero-order valence-corrected chi connectivity index (χ0v) is 13.6. The van der Waals surface area contributed by atoms with E-state index in [2.05, 4.69) is 70.6 Å². The van der Waals surface area contributed by atoms with Crippen molar-refractivity contribution >= 4 is 30.2 Å². The van der Waals surface area contributed by atoms with Gasteiger partial charge < -0.3 is 0 Å². The highest BCUT2D eigenvalue weighted by molar-refractivity contribution is 7.55. The molecule has 0 bridgehead atoms. The molecule has 0 radical (unpaired) electrons. The Morgan fingerprint density at radius 1 is 0.478 bits per heavy atom. The fraction of sp³-hybridized carbons (Fsp3) is 0. The van der Waals surface area contributed by atoms with E-state index in [-0.39, 0.29) is 0 Å². The number of rotatable bonds is 2. The zero-order chi connectivity index (χ0) is 15.7. The Balaban J connectivity index is 0.000000140. The minimum Gasteiger partial charge on any atom is -0.255 e. The molecule has 0 fully saturated rings. The summed E-state index contributed by atoms with van der Waals surface area (Å²) in [5.74, 6) is 0. The third kappa shape index (κ3) is 4.70. The van der Waals surface area contributed by atoms with Crippen molar-refractivity contribution in [1.82, 2.24) is 9.97 Å². The van der Waals surface area contributed by atoms with Crippen LogP contribution in [0.1, 0.15) is 0 Å². The van der Waals surface area contributed by atoms with Gasteiger partial charge in [0.25, 0.3) is 0 Å². The SMILES string of the molecule is c1ccc(Pc2ccccc2)cc1.c1cnc2cccnc2c1. The predicted molar refractivity (Wildman–Crippen MR) is 100 cm³/mol. The molecule has 0 amide bonds. The third-order valence-corrected chi connectivity index (χ3v) is 4.45. The van der Waals surface area contributed by atoms with Crippen LogP contribution in [0.25, 0.3) is 11.0 Å². The third-order valence-electron chi connectivity index (χ3n) is 3.21. The molecule has 0 saturated carbocycles. The van der Waals surface area contributed by atoms with E-state index in [0.717, 1.165) is 19.6 Å². The maximum absolute atomic E-state index is 4.12. The number of hydrogen-bond donors (Lipinski definition) is 0. The van der Waals surface area contributed by atoms with Crippen LogP contribution in [0.2, 0.25) is 0 Å². The molecule has 0 aliphatic heterocycles. The van der Waals surface area contributed by atoms with Gasteiger partial charge in [-0.25, -0.2) is 0 Å². The van der Waals surface area contributed by atoms with Gasteiger partial charge in [0, 0.05) is 12.4 Å². The molecule has 2 heterocycles. The second-order valence-corrected chi connectivity index (χ2v) is 6.31. The molecule has 23 heavy (non-hydrogen) atoms. The van der Waals surface area contributed by atoms with Gasteiger partial charge in [0.2, 0.25) is 0 Å². The van der Waals surface area contributed by atoms with E-state index in [4.69, 9.17) is 0 Å². The highest BCUT2D eigenvalue weighted by Gasteiger charge is 1.92. The lowest BCUT2D eigenvalue weighted by molar-refractivity contribution is 1.34. The lowest BCUT2D eigenvalue weighted by atomic mass is 10.3. The molecule has 0 aliphatic carbocycles. The summed E-state index contributed by atoms with van der Waals surface area (Å²) in [5, 5.41) is 2.79. The van der Waals surface area contributed by atoms with Crippen LogP contribution in [-0.4, -0.2) is 9.97 Å². The molecular formula is C20H17N2P. The van der Waals surface area contributed by atoms with Crippen molar-refractivity contribution in [3.63, 3.8) is 0 Å². The van der Waals surface area contributed by atoms with Crippen molar-refractivity contribution < 1.29 is 0 Å². The number of nitrogens with zero attached hydrogens (tertiary/aromatic N) is 2. The van der Waals surface area contributed by atoms with Gasteiger partial charge in [-0.15, -0.1) is 0 Å². The molecule has 0 saturated heterocycles. The highest BCUT2D eigenvalue weighted by Crippen LogP contribution is 2.08. The molecule has 112 valence electrons. The summed E-state index contributed by atoms with van der Waals surface area (Å²) in [4.78, 5) is 8.24. The summed E-state index contributed by atoms with van der Waals surface area (Å²) in [6, 6.07) is 28.8. The summed E-state index contributed by atoms with van der Waals surface area (Å²) in [7, 11) is 0.777. The first-order valence-electron chi connectivity index (χ1n) is 7.45. The molecule has 0 spiro atoms. The highest BCUT2D eigenvalue weighted by atomic mass is 31.1. The van der Waals surface area contributed by atoms with E-state index in [0.29, 0.717) is 0 Å². The van der Waals surface area contributed by atoms with Gasteiger partial charge in [-0.2, -0.15) is 0 Å². The van der Waals surface area contributed by atoms with E-state index >= 15 is 0 Å². The Labute approximate surface area is 138 Å². The van der Waals surface area contributed by atoms with Crippen LogP contribution in [0.5, 0.6) is 0 Å². The summed E-state index contributed by atoms with van der Waals surface area (Å²) >= 11 is 0. The van der Waals surface area contributed by atoms with Crippen LogP contribution in [0.3, 0.4) is 0 Å². The smallest absolute Gasteiger partial charge is 0.0886 e. The molecule has 0 atom stereocenters. The average Bonchev–Trinajstić information content (AvgIpc) is 2.64. The Morgan fingerprint density at radius 3 is 1.35 bits per heavy atom. The predicted octanol–water partition coefficient (Wildman–Crippen LogP) is 3.95. The first kappa shape index (κ1) is 15.3. The molecule has 0 N–H and O–H groups in total. The first-order valence-corrected chi connectivity index (χ1v) is 8.45. The summed E-state index contributed by atoms with van der Waals surface area (Å²) < 4.78 is 0. The summed E-state index contributed by atoms with van der Waals surface area (Å²) in [6.45, 7) is 0. The molecule has 2 aromatic heterocycles. The number of pyridine rings is 2. The standard InChI is InChI=1S/C12H11P.C8H6N2/c1-3-7-11(8-4-1)13-12-9-5-2-6-10-12;1-3-7-8(9-5-1)4-2-6-10-7/h1-10,13H;1-6H. The molecule has 2 aromatic carbocycles. The van der Waals surface area contributed by atoms with Crippen molar-refractivity contribution in [3.05, 3.63) is 97.3 Å². The molecule has 3 heteroatoms. The molecule has 0 unspecified atom stereocenters. The first-order chi connectivity index (χ1) is 11.4. The molecule has 0 aliphatic rings. The number of hydrogen-bond acceptors (Lipinski definition) is 2. The van der Waals surface area contributed by atoms with E-state index < -0.39 is 0 Å². The van der Waals surface area contributed by atoms with E-state index in [9.17, 15) is 0 Å². The fourth-order valence-corrected chi connectivity index (χ4v) is 3.17. The van der Waals surface area contributed by atoms with Crippen LogP contribution in [0.4, 0.5) is 0 Å². The normalized spacial score (nSPS) is 9.91. The number of aromatic nitrogens is 2. The number of fused-ring (bicyclic) bond motifs is 1. The maximum Gasteiger partial charge on any atom is 0.0886 e. The minimum absolute atomic E-state index is 0.777. The van der Waals surface area contributed by atoms with Crippen LogP contribution in [0, 0.1) is 0 Å². The van der Waals surface area contributed by atoms with Crippen molar-refractivity contribution in [1.29, 1.82) is 0 Å². The van der Waals surface area contributed by atoms with E-state index in [1.807, 2.05) is 24.3 Å². The lowest BCUT2D eigenvalue weighted by Gasteiger charge is -2.00. The van der Waals surface area contributed by atoms with Gasteiger partial charge in [0.1, 0.15) is 0 Å². The van der Waals surface area contributed by atoms with Crippen LogP contribution in [-0.2, 0) is 0 Å². The zero-order valence-electron chi connectivity index (χ0n) is 12.6. The molecule has 4 aromatic rings. The average molecular weight is 316 g/mol. The van der Waals surface area contributed by atoms with Crippen molar-refractivity contribution in [3.8, 4) is 0 Å². The Hall–Kier alpha value is -2.57. The van der Waals surface area contributed by atoms with E-state index in [1.54, 1.807) is 12.4 Å². The maximum atomic E-state index is 4.12. The summed E-state index contributed by atoms with van der Waals surface area (Å²) in [6.07, 6.45) is 3.54. The van der Waals surface area contributed by atoms with E-state index in [1.165, 1.54) is 10.6 Å². The Bertz CT molecular complexity index is 746. The molecule has 4 rings (SSSR count). The number of benzene rings is 2.